The molecule has 2 aromatic heterocycles. The molecule has 4 rings (SSSR count). The fourth-order valence-electron chi connectivity index (χ4n) is 2.32. The van der Waals surface area contributed by atoms with Crippen LogP contribution in [0.15, 0.2) is 60.7 Å². The Hall–Kier alpha value is -3.81. The molecular formula is C17H12N6O2. The van der Waals surface area contributed by atoms with Gasteiger partial charge < -0.3 is 10.6 Å². The van der Waals surface area contributed by atoms with E-state index in [1.54, 1.807) is 0 Å². The zero-order valence-electron chi connectivity index (χ0n) is 12.9. The lowest BCUT2D eigenvalue weighted by Crippen LogP contribution is -2.16. The van der Waals surface area contributed by atoms with Crippen molar-refractivity contribution in [2.45, 2.75) is 0 Å². The smallest absolute Gasteiger partial charge is 0.267 e. The number of carbonyl (C=O) groups is 1. The molecule has 2 aromatic carbocycles. The summed E-state index contributed by atoms with van der Waals surface area (Å²) >= 11 is 0. The number of nitrogens with two attached hydrogens (primary N) is 1. The number of primary amides is 1. The SMILES string of the molecule is NC(=O)c1cc(On2nnc3ccccc32)nc(-c2ccccc2)n1. The maximum absolute atomic E-state index is 11.6. The van der Waals surface area contributed by atoms with Crippen LogP contribution >= 0.6 is 0 Å². The monoisotopic (exact) mass is 332 g/mol. The van der Waals surface area contributed by atoms with Crippen molar-refractivity contribution in [1.82, 2.24) is 25.1 Å². The first-order valence-electron chi connectivity index (χ1n) is 7.44. The molecule has 0 aliphatic carbocycles. The zero-order chi connectivity index (χ0) is 17.2. The molecule has 1 amide bonds. The molecule has 122 valence electrons. The molecule has 0 aliphatic heterocycles. The van der Waals surface area contributed by atoms with Crippen LogP contribution in [-0.2, 0) is 0 Å². The topological polar surface area (TPSA) is 109 Å². The molecule has 0 atom stereocenters. The predicted octanol–water partition coefficient (Wildman–Crippen LogP) is 1.83. The molecule has 0 aliphatic rings. The van der Waals surface area contributed by atoms with E-state index in [0.29, 0.717) is 16.9 Å². The first kappa shape index (κ1) is 14.8. The van der Waals surface area contributed by atoms with Crippen molar-refractivity contribution in [3.05, 3.63) is 66.4 Å². The minimum atomic E-state index is -0.673. The van der Waals surface area contributed by atoms with Crippen LogP contribution in [0.3, 0.4) is 0 Å². The average Bonchev–Trinajstić information content (AvgIpc) is 3.05. The van der Waals surface area contributed by atoms with E-state index in [4.69, 9.17) is 10.6 Å². The molecular weight excluding hydrogens is 320 g/mol. The number of benzene rings is 2. The van der Waals surface area contributed by atoms with Gasteiger partial charge in [-0.3, -0.25) is 4.79 Å². The Kier molecular flexibility index (Phi) is 3.55. The predicted molar refractivity (Wildman–Crippen MR) is 89.5 cm³/mol. The van der Waals surface area contributed by atoms with Gasteiger partial charge in [0.25, 0.3) is 11.8 Å². The number of hydrogen-bond acceptors (Lipinski definition) is 6. The van der Waals surface area contributed by atoms with Crippen LogP contribution in [0.25, 0.3) is 22.4 Å². The number of carbonyl (C=O) groups excluding carboxylic acids is 1. The van der Waals surface area contributed by atoms with Crippen molar-refractivity contribution in [3.63, 3.8) is 0 Å². The summed E-state index contributed by atoms with van der Waals surface area (Å²) in [6.07, 6.45) is 0. The van der Waals surface area contributed by atoms with Crippen LogP contribution in [0.4, 0.5) is 0 Å². The summed E-state index contributed by atoms with van der Waals surface area (Å²) in [5, 5.41) is 7.94. The fraction of sp³-hybridized carbons (Fsp3) is 0. The number of nitrogens with zero attached hydrogens (tertiary/aromatic N) is 5. The molecule has 8 heteroatoms. The molecule has 25 heavy (non-hydrogen) atoms. The van der Waals surface area contributed by atoms with E-state index in [1.165, 1.54) is 10.9 Å². The van der Waals surface area contributed by atoms with Crippen molar-refractivity contribution in [2.24, 2.45) is 5.73 Å². The maximum Gasteiger partial charge on any atom is 0.267 e. The lowest BCUT2D eigenvalue weighted by molar-refractivity contribution is 0.0994. The Balaban J connectivity index is 1.78. The van der Waals surface area contributed by atoms with Gasteiger partial charge in [0.05, 0.1) is 0 Å². The lowest BCUT2D eigenvalue weighted by Gasteiger charge is -2.07. The van der Waals surface area contributed by atoms with Gasteiger partial charge in [-0.15, -0.1) is 5.10 Å². The molecule has 2 heterocycles. The van der Waals surface area contributed by atoms with E-state index in [2.05, 4.69) is 20.3 Å². The molecule has 0 bridgehead atoms. The van der Waals surface area contributed by atoms with Gasteiger partial charge in [0.1, 0.15) is 16.7 Å². The highest BCUT2D eigenvalue weighted by molar-refractivity contribution is 5.91. The standard InChI is InChI=1S/C17H12N6O2/c18-16(24)13-10-15(20-17(19-13)11-6-2-1-3-7-11)25-23-14-9-5-4-8-12(14)21-22-23/h1-10H,(H2,18,24). The van der Waals surface area contributed by atoms with Crippen LogP contribution in [-0.4, -0.2) is 31.0 Å². The minimum Gasteiger partial charge on any atom is -0.364 e. The third-order valence-corrected chi connectivity index (χ3v) is 3.49. The Morgan fingerprint density at radius 2 is 1.76 bits per heavy atom. The molecule has 0 unspecified atom stereocenters. The summed E-state index contributed by atoms with van der Waals surface area (Å²) < 4.78 is 0. The molecule has 0 saturated heterocycles. The molecule has 8 nitrogen and oxygen atoms in total. The van der Waals surface area contributed by atoms with E-state index < -0.39 is 5.91 Å². The third kappa shape index (κ3) is 2.88. The molecule has 0 fully saturated rings. The van der Waals surface area contributed by atoms with E-state index in [0.717, 1.165) is 5.56 Å². The van der Waals surface area contributed by atoms with Gasteiger partial charge in [0, 0.05) is 11.6 Å². The Bertz CT molecular complexity index is 1060. The van der Waals surface area contributed by atoms with Gasteiger partial charge >= 0.3 is 0 Å². The van der Waals surface area contributed by atoms with Crippen LogP contribution < -0.4 is 10.6 Å². The van der Waals surface area contributed by atoms with Crippen molar-refractivity contribution >= 4 is 16.9 Å². The van der Waals surface area contributed by atoms with Crippen LogP contribution in [0.5, 0.6) is 5.88 Å². The summed E-state index contributed by atoms with van der Waals surface area (Å²) in [5.41, 5.74) is 7.50. The summed E-state index contributed by atoms with van der Waals surface area (Å²) in [4.78, 5) is 27.0. The second kappa shape index (κ2) is 6.00. The number of para-hydroxylation sites is 1. The Labute approximate surface area is 141 Å². The highest BCUT2D eigenvalue weighted by Gasteiger charge is 2.13. The molecule has 0 spiro atoms. The summed E-state index contributed by atoms with van der Waals surface area (Å²) in [6, 6.07) is 17.9. The van der Waals surface area contributed by atoms with E-state index >= 15 is 0 Å². The third-order valence-electron chi connectivity index (χ3n) is 3.49. The summed E-state index contributed by atoms with van der Waals surface area (Å²) in [6.45, 7) is 0. The van der Waals surface area contributed by atoms with Crippen LogP contribution in [0, 0.1) is 0 Å². The lowest BCUT2D eigenvalue weighted by atomic mass is 10.2. The number of rotatable bonds is 4. The first-order valence-corrected chi connectivity index (χ1v) is 7.44. The maximum atomic E-state index is 11.6. The Morgan fingerprint density at radius 1 is 1.00 bits per heavy atom. The van der Waals surface area contributed by atoms with E-state index in [9.17, 15) is 4.79 Å². The minimum absolute atomic E-state index is 0.0493. The highest BCUT2D eigenvalue weighted by atomic mass is 16.7. The van der Waals surface area contributed by atoms with Crippen molar-refractivity contribution < 1.29 is 9.63 Å². The van der Waals surface area contributed by atoms with Crippen LogP contribution in [0.1, 0.15) is 10.5 Å². The summed E-state index contributed by atoms with van der Waals surface area (Å²) in [7, 11) is 0. The van der Waals surface area contributed by atoms with E-state index in [1.807, 2.05) is 54.6 Å². The van der Waals surface area contributed by atoms with Gasteiger partial charge in [-0.25, -0.2) is 4.98 Å². The van der Waals surface area contributed by atoms with Crippen molar-refractivity contribution in [1.29, 1.82) is 0 Å². The quantitative estimate of drug-likeness (QED) is 0.610. The van der Waals surface area contributed by atoms with Gasteiger partial charge in [0.15, 0.2) is 5.82 Å². The number of amides is 1. The largest absolute Gasteiger partial charge is 0.364 e. The molecule has 0 saturated carbocycles. The van der Waals surface area contributed by atoms with E-state index in [-0.39, 0.29) is 11.6 Å². The van der Waals surface area contributed by atoms with Gasteiger partial charge in [-0.1, -0.05) is 47.3 Å². The average molecular weight is 332 g/mol. The van der Waals surface area contributed by atoms with Gasteiger partial charge in [-0.05, 0) is 17.3 Å². The molecule has 0 radical (unpaired) electrons. The molecule has 2 N–H and O–H groups in total. The second-order valence-corrected chi connectivity index (χ2v) is 5.19. The normalized spacial score (nSPS) is 10.7. The van der Waals surface area contributed by atoms with Crippen molar-refractivity contribution in [2.75, 3.05) is 0 Å². The number of fused-ring (bicyclic) bond motifs is 1. The molecule has 4 aromatic rings. The Morgan fingerprint density at radius 3 is 2.56 bits per heavy atom. The van der Waals surface area contributed by atoms with Crippen molar-refractivity contribution in [3.8, 4) is 17.3 Å². The summed E-state index contributed by atoms with van der Waals surface area (Å²) in [5.74, 6) is -0.206. The fourth-order valence-corrected chi connectivity index (χ4v) is 2.32. The van der Waals surface area contributed by atoms with Gasteiger partial charge in [-0.2, -0.15) is 4.98 Å². The van der Waals surface area contributed by atoms with Gasteiger partial charge in [0.2, 0.25) is 0 Å². The van der Waals surface area contributed by atoms with Crippen LogP contribution in [0.2, 0.25) is 0 Å². The number of aromatic nitrogens is 5. The second-order valence-electron chi connectivity index (χ2n) is 5.19. The highest BCUT2D eigenvalue weighted by Crippen LogP contribution is 2.20. The number of hydrogen-bond donors (Lipinski definition) is 1. The zero-order valence-corrected chi connectivity index (χ0v) is 12.9. The first-order chi connectivity index (χ1) is 12.2.